The van der Waals surface area contributed by atoms with Crippen LogP contribution in [0.2, 0.25) is 0 Å². The van der Waals surface area contributed by atoms with Crippen LogP contribution in [0, 0.1) is 12.1 Å². The molecule has 6 rings (SSSR count). The summed E-state index contributed by atoms with van der Waals surface area (Å²) in [4.78, 5) is 8.92. The third-order valence-electron chi connectivity index (χ3n) is 7.04. The molecule has 2 aromatic heterocycles. The molecule has 0 amide bonds. The SMILES string of the molecule is CC(C)(C)c1ccnc(-c2[c-]ccc3c2C(C)(C)c2ccccc2-3)c1.[Ir].[c-]1ccccc1-c1ccccn1. The van der Waals surface area contributed by atoms with E-state index in [-0.39, 0.29) is 30.9 Å². The fourth-order valence-electron chi connectivity index (χ4n) is 5.08. The van der Waals surface area contributed by atoms with Gasteiger partial charge in [-0.25, -0.2) is 0 Å². The molecule has 1 aliphatic carbocycles. The first-order valence-electron chi connectivity index (χ1n) is 12.8. The fourth-order valence-corrected chi connectivity index (χ4v) is 5.08. The molecular formula is C35H32IrN2-2. The minimum atomic E-state index is -0.0432. The summed E-state index contributed by atoms with van der Waals surface area (Å²) < 4.78 is 0. The maximum Gasteiger partial charge on any atom is 0.0163 e. The van der Waals surface area contributed by atoms with E-state index in [9.17, 15) is 0 Å². The summed E-state index contributed by atoms with van der Waals surface area (Å²) in [5.74, 6) is 0. The minimum absolute atomic E-state index is 0. The van der Waals surface area contributed by atoms with Gasteiger partial charge in [-0.2, -0.15) is 0 Å². The van der Waals surface area contributed by atoms with Gasteiger partial charge in [0.05, 0.1) is 0 Å². The van der Waals surface area contributed by atoms with E-state index in [0.717, 1.165) is 22.5 Å². The zero-order valence-corrected chi connectivity index (χ0v) is 24.9. The molecular weight excluding hydrogens is 641 g/mol. The molecule has 0 aliphatic heterocycles. The zero-order chi connectivity index (χ0) is 26.0. The third-order valence-corrected chi connectivity index (χ3v) is 7.04. The molecule has 0 saturated heterocycles. The standard InChI is InChI=1S/C24H24N.C11H8N.Ir/c1-23(2,3)16-13-14-25-21(15-16)19-11-8-10-18-17-9-6-7-12-20(17)24(4,5)22(18)19;1-2-6-10(7-3-1)11-8-4-5-9-12-11;/h6-10,12-15H,1-5H3;1-6,8-9H;/q2*-1;. The molecule has 0 unspecified atom stereocenters. The number of aromatic nitrogens is 2. The molecule has 0 bridgehead atoms. The molecule has 0 spiro atoms. The Balaban J connectivity index is 0.000000218. The van der Waals surface area contributed by atoms with Gasteiger partial charge >= 0.3 is 0 Å². The second-order valence-corrected chi connectivity index (χ2v) is 11.0. The third kappa shape index (κ3) is 5.41. The van der Waals surface area contributed by atoms with Crippen molar-refractivity contribution in [2.24, 2.45) is 0 Å². The van der Waals surface area contributed by atoms with Gasteiger partial charge in [0.25, 0.3) is 0 Å². The van der Waals surface area contributed by atoms with E-state index in [2.05, 4.69) is 94.2 Å². The average molecular weight is 673 g/mol. The summed E-state index contributed by atoms with van der Waals surface area (Å²) in [6.45, 7) is 11.3. The van der Waals surface area contributed by atoms with E-state index in [0.29, 0.717) is 0 Å². The number of nitrogens with zero attached hydrogens (tertiary/aromatic N) is 2. The van der Waals surface area contributed by atoms with Crippen molar-refractivity contribution in [2.75, 3.05) is 0 Å². The van der Waals surface area contributed by atoms with E-state index in [1.165, 1.54) is 27.8 Å². The predicted molar refractivity (Wildman–Crippen MR) is 153 cm³/mol. The van der Waals surface area contributed by atoms with Crippen LogP contribution in [-0.4, -0.2) is 9.97 Å². The maximum atomic E-state index is 4.70. The van der Waals surface area contributed by atoms with E-state index in [1.807, 2.05) is 54.7 Å². The summed E-state index contributed by atoms with van der Waals surface area (Å²) in [5.41, 5.74) is 10.9. The molecule has 0 N–H and O–H groups in total. The Morgan fingerprint density at radius 2 is 1.42 bits per heavy atom. The maximum absolute atomic E-state index is 4.70. The van der Waals surface area contributed by atoms with Crippen LogP contribution in [0.1, 0.15) is 51.3 Å². The Morgan fingerprint density at radius 1 is 0.684 bits per heavy atom. The van der Waals surface area contributed by atoms with Crippen LogP contribution in [-0.2, 0) is 30.9 Å². The van der Waals surface area contributed by atoms with Gasteiger partial charge in [-0.1, -0.05) is 82.6 Å². The van der Waals surface area contributed by atoms with Gasteiger partial charge in [-0.3, -0.25) is 0 Å². The van der Waals surface area contributed by atoms with Crippen molar-refractivity contribution in [3.05, 3.63) is 132 Å². The van der Waals surface area contributed by atoms with Crippen LogP contribution in [0.25, 0.3) is 33.6 Å². The molecule has 0 atom stereocenters. The first-order valence-corrected chi connectivity index (χ1v) is 12.8. The summed E-state index contributed by atoms with van der Waals surface area (Å²) in [7, 11) is 0. The van der Waals surface area contributed by atoms with Crippen molar-refractivity contribution in [2.45, 2.75) is 45.4 Å². The topological polar surface area (TPSA) is 25.8 Å². The molecule has 2 nitrogen and oxygen atoms in total. The summed E-state index contributed by atoms with van der Waals surface area (Å²) in [6, 6.07) is 37.6. The molecule has 5 aromatic rings. The monoisotopic (exact) mass is 673 g/mol. The van der Waals surface area contributed by atoms with Crippen LogP contribution in [0.15, 0.2) is 103 Å². The average Bonchev–Trinajstić information content (AvgIpc) is 3.17. The Kier molecular flexibility index (Phi) is 8.11. The number of hydrogen-bond donors (Lipinski definition) is 0. The first kappa shape index (κ1) is 27.6. The number of fused-ring (bicyclic) bond motifs is 3. The first-order chi connectivity index (χ1) is 17.8. The van der Waals surface area contributed by atoms with E-state index >= 15 is 0 Å². The Bertz CT molecular complexity index is 1480. The van der Waals surface area contributed by atoms with Crippen molar-refractivity contribution in [1.82, 2.24) is 9.97 Å². The summed E-state index contributed by atoms with van der Waals surface area (Å²) in [6.07, 6.45) is 3.72. The molecule has 3 aromatic carbocycles. The van der Waals surface area contributed by atoms with Gasteiger partial charge in [0.15, 0.2) is 0 Å². The molecule has 0 saturated carbocycles. The van der Waals surface area contributed by atoms with Crippen LogP contribution in [0.3, 0.4) is 0 Å². The van der Waals surface area contributed by atoms with Gasteiger partial charge < -0.3 is 9.97 Å². The van der Waals surface area contributed by atoms with E-state index < -0.39 is 0 Å². The second kappa shape index (κ2) is 11.2. The second-order valence-electron chi connectivity index (χ2n) is 11.0. The summed E-state index contributed by atoms with van der Waals surface area (Å²) >= 11 is 0. The van der Waals surface area contributed by atoms with Crippen LogP contribution < -0.4 is 0 Å². The molecule has 1 radical (unpaired) electrons. The van der Waals surface area contributed by atoms with E-state index in [1.54, 1.807) is 6.20 Å². The number of rotatable bonds is 2. The Labute approximate surface area is 240 Å². The normalized spacial score (nSPS) is 12.9. The van der Waals surface area contributed by atoms with Gasteiger partial charge in [0.2, 0.25) is 0 Å². The van der Waals surface area contributed by atoms with Gasteiger partial charge in [-0.15, -0.1) is 65.2 Å². The Hall–Kier alpha value is -3.39. The molecule has 193 valence electrons. The predicted octanol–water partition coefficient (Wildman–Crippen LogP) is 8.70. The molecule has 2 heterocycles. The summed E-state index contributed by atoms with van der Waals surface area (Å²) in [5, 5.41) is 0. The molecule has 38 heavy (non-hydrogen) atoms. The number of pyridine rings is 2. The van der Waals surface area contributed by atoms with Crippen LogP contribution in [0.5, 0.6) is 0 Å². The van der Waals surface area contributed by atoms with Gasteiger partial charge in [0.1, 0.15) is 0 Å². The van der Waals surface area contributed by atoms with Crippen molar-refractivity contribution in [3.8, 4) is 33.6 Å². The van der Waals surface area contributed by atoms with Gasteiger partial charge in [0, 0.05) is 32.5 Å². The van der Waals surface area contributed by atoms with Crippen LogP contribution >= 0.6 is 0 Å². The zero-order valence-electron chi connectivity index (χ0n) is 22.5. The number of hydrogen-bond acceptors (Lipinski definition) is 2. The molecule has 0 fully saturated rings. The smallest absolute Gasteiger partial charge is 0.0163 e. The van der Waals surface area contributed by atoms with Crippen molar-refractivity contribution < 1.29 is 20.1 Å². The van der Waals surface area contributed by atoms with Crippen molar-refractivity contribution >= 4 is 0 Å². The van der Waals surface area contributed by atoms with E-state index in [4.69, 9.17) is 4.98 Å². The van der Waals surface area contributed by atoms with Crippen LogP contribution in [0.4, 0.5) is 0 Å². The minimum Gasteiger partial charge on any atom is -0.305 e. The Morgan fingerprint density at radius 3 is 2.13 bits per heavy atom. The quantitative estimate of drug-likeness (QED) is 0.176. The number of benzene rings is 3. The molecule has 3 heteroatoms. The fraction of sp³-hybridized carbons (Fsp3) is 0.200. The van der Waals surface area contributed by atoms with Crippen molar-refractivity contribution in [1.29, 1.82) is 0 Å². The largest absolute Gasteiger partial charge is 0.305 e. The van der Waals surface area contributed by atoms with Crippen molar-refractivity contribution in [3.63, 3.8) is 0 Å². The molecule has 1 aliphatic rings. The van der Waals surface area contributed by atoms with Gasteiger partial charge in [-0.05, 0) is 51.0 Å².